The van der Waals surface area contributed by atoms with Gasteiger partial charge in [0.05, 0.1) is 29.4 Å². The topological polar surface area (TPSA) is 119 Å². The van der Waals surface area contributed by atoms with Gasteiger partial charge in [0.15, 0.2) is 19.7 Å². The molecule has 132 valence electrons. The highest BCUT2D eigenvalue weighted by Gasteiger charge is 2.28. The molecule has 0 saturated carbocycles. The summed E-state index contributed by atoms with van der Waals surface area (Å²) in [5, 5.41) is 2.66. The molecular weight excluding hydrogens is 356 g/mol. The molecular formula is C14H18N2O6S2. The van der Waals surface area contributed by atoms with Crippen molar-refractivity contribution >= 4 is 42.7 Å². The monoisotopic (exact) mass is 374 g/mol. The third kappa shape index (κ3) is 4.78. The van der Waals surface area contributed by atoms with Crippen LogP contribution in [0.4, 0.5) is 11.4 Å². The number of carbonyl (C=O) groups excluding carboxylic acids is 1. The van der Waals surface area contributed by atoms with E-state index in [9.17, 15) is 21.6 Å². The standard InChI is InChI=1S/C14H18N2O6S2/c1-3-22-14(17)7-11-8-24(20,21)13-6-10(4-5-12(13)16-11)15-9-23(2,18)19/h4-6,15H,3,7-9H2,1-2H3. The Bertz CT molecular complexity index is 888. The fraction of sp³-hybridized carbons (Fsp3) is 0.429. The zero-order valence-corrected chi connectivity index (χ0v) is 14.9. The number of carbonyl (C=O) groups is 1. The number of aliphatic imine (C=N–C) groups is 1. The Morgan fingerprint density at radius 3 is 2.71 bits per heavy atom. The molecule has 0 radical (unpaired) electrons. The number of ether oxygens (including phenoxy) is 1. The quantitative estimate of drug-likeness (QED) is 0.735. The van der Waals surface area contributed by atoms with E-state index < -0.39 is 25.6 Å². The molecule has 0 aromatic heterocycles. The van der Waals surface area contributed by atoms with Crippen LogP contribution in [0.2, 0.25) is 0 Å². The van der Waals surface area contributed by atoms with Crippen molar-refractivity contribution in [1.82, 2.24) is 0 Å². The van der Waals surface area contributed by atoms with Crippen LogP contribution in [0.5, 0.6) is 0 Å². The second kappa shape index (κ2) is 6.89. The number of sulfone groups is 2. The fourth-order valence-electron chi connectivity index (χ4n) is 2.15. The average Bonchev–Trinajstić information content (AvgIpc) is 2.44. The lowest BCUT2D eigenvalue weighted by Gasteiger charge is -2.17. The van der Waals surface area contributed by atoms with E-state index in [2.05, 4.69) is 10.3 Å². The van der Waals surface area contributed by atoms with Crippen LogP contribution < -0.4 is 5.32 Å². The van der Waals surface area contributed by atoms with Crippen molar-refractivity contribution in [3.8, 4) is 0 Å². The Labute approximate surface area is 140 Å². The van der Waals surface area contributed by atoms with Crippen molar-refractivity contribution in [3.05, 3.63) is 18.2 Å². The highest BCUT2D eigenvalue weighted by molar-refractivity contribution is 7.92. The molecule has 24 heavy (non-hydrogen) atoms. The number of hydrogen-bond acceptors (Lipinski definition) is 8. The van der Waals surface area contributed by atoms with Gasteiger partial charge in [0.2, 0.25) is 0 Å². The third-order valence-corrected chi connectivity index (χ3v) is 5.50. The Morgan fingerprint density at radius 2 is 2.08 bits per heavy atom. The van der Waals surface area contributed by atoms with Gasteiger partial charge in [-0.25, -0.2) is 16.8 Å². The lowest BCUT2D eigenvalue weighted by Crippen LogP contribution is -2.23. The van der Waals surface area contributed by atoms with Crippen molar-refractivity contribution in [2.24, 2.45) is 4.99 Å². The van der Waals surface area contributed by atoms with Gasteiger partial charge in [-0.2, -0.15) is 0 Å². The summed E-state index contributed by atoms with van der Waals surface area (Å²) in [4.78, 5) is 15.7. The Morgan fingerprint density at radius 1 is 1.38 bits per heavy atom. The van der Waals surface area contributed by atoms with Crippen LogP contribution in [0.3, 0.4) is 0 Å². The molecule has 1 N–H and O–H groups in total. The van der Waals surface area contributed by atoms with E-state index in [1.807, 2.05) is 0 Å². The maximum absolute atomic E-state index is 12.4. The molecule has 2 rings (SSSR count). The summed E-state index contributed by atoms with van der Waals surface area (Å²) in [6.07, 6.45) is 0.891. The van der Waals surface area contributed by atoms with Crippen LogP contribution in [0.15, 0.2) is 28.1 Å². The molecule has 0 aliphatic carbocycles. The lowest BCUT2D eigenvalue weighted by molar-refractivity contribution is -0.141. The largest absolute Gasteiger partial charge is 0.466 e. The molecule has 0 unspecified atom stereocenters. The van der Waals surface area contributed by atoms with Crippen molar-refractivity contribution in [2.45, 2.75) is 18.2 Å². The zero-order chi connectivity index (χ0) is 18.0. The summed E-state index contributed by atoms with van der Waals surface area (Å²) < 4.78 is 51.9. The molecule has 1 aromatic rings. The van der Waals surface area contributed by atoms with Crippen molar-refractivity contribution in [2.75, 3.05) is 29.8 Å². The van der Waals surface area contributed by atoms with Crippen LogP contribution in [0.25, 0.3) is 0 Å². The zero-order valence-electron chi connectivity index (χ0n) is 13.3. The van der Waals surface area contributed by atoms with Gasteiger partial charge in [0, 0.05) is 17.7 Å². The summed E-state index contributed by atoms with van der Waals surface area (Å²) in [6, 6.07) is 4.36. The summed E-state index contributed by atoms with van der Waals surface area (Å²) >= 11 is 0. The van der Waals surface area contributed by atoms with Crippen LogP contribution in [-0.4, -0.2) is 53.0 Å². The third-order valence-electron chi connectivity index (χ3n) is 3.12. The predicted molar refractivity (Wildman–Crippen MR) is 90.2 cm³/mol. The number of nitrogens with one attached hydrogen (secondary N) is 1. The molecule has 0 bridgehead atoms. The van der Waals surface area contributed by atoms with E-state index in [0.29, 0.717) is 5.69 Å². The van der Waals surface area contributed by atoms with E-state index in [1.165, 1.54) is 18.2 Å². The van der Waals surface area contributed by atoms with E-state index in [0.717, 1.165) is 6.26 Å². The van der Waals surface area contributed by atoms with Crippen LogP contribution in [0, 0.1) is 0 Å². The second-order valence-corrected chi connectivity index (χ2v) is 9.45. The molecule has 8 nitrogen and oxygen atoms in total. The first-order chi connectivity index (χ1) is 11.1. The normalized spacial score (nSPS) is 16.0. The first-order valence-corrected chi connectivity index (χ1v) is 10.8. The van der Waals surface area contributed by atoms with Gasteiger partial charge in [0.1, 0.15) is 5.88 Å². The molecule has 0 spiro atoms. The molecule has 0 atom stereocenters. The Balaban J connectivity index is 2.29. The van der Waals surface area contributed by atoms with Gasteiger partial charge in [-0.05, 0) is 25.1 Å². The predicted octanol–water partition coefficient (Wildman–Crippen LogP) is 0.914. The maximum Gasteiger partial charge on any atom is 0.311 e. The molecule has 1 aliphatic heterocycles. The molecule has 0 fully saturated rings. The van der Waals surface area contributed by atoms with Gasteiger partial charge >= 0.3 is 5.97 Å². The van der Waals surface area contributed by atoms with E-state index in [1.54, 1.807) is 6.92 Å². The highest BCUT2D eigenvalue weighted by atomic mass is 32.2. The van der Waals surface area contributed by atoms with Gasteiger partial charge < -0.3 is 10.1 Å². The molecule has 1 heterocycles. The van der Waals surface area contributed by atoms with E-state index in [-0.39, 0.29) is 41.0 Å². The van der Waals surface area contributed by atoms with Gasteiger partial charge in [0.25, 0.3) is 0 Å². The number of rotatable bonds is 6. The summed E-state index contributed by atoms with van der Waals surface area (Å²) in [7, 11) is -6.90. The summed E-state index contributed by atoms with van der Waals surface area (Å²) in [6.45, 7) is 1.88. The minimum atomic E-state index is -3.66. The molecule has 1 aliphatic rings. The number of benzene rings is 1. The van der Waals surface area contributed by atoms with Crippen molar-refractivity contribution in [1.29, 1.82) is 0 Å². The van der Waals surface area contributed by atoms with Crippen molar-refractivity contribution in [3.63, 3.8) is 0 Å². The Hall–Kier alpha value is -1.94. The maximum atomic E-state index is 12.4. The fourth-order valence-corrected chi connectivity index (χ4v) is 4.08. The van der Waals surface area contributed by atoms with Gasteiger partial charge in [-0.15, -0.1) is 0 Å². The number of esters is 1. The Kier molecular flexibility index (Phi) is 5.29. The van der Waals surface area contributed by atoms with Crippen LogP contribution in [-0.2, 0) is 29.2 Å². The molecule has 0 amide bonds. The molecule has 10 heteroatoms. The number of nitrogens with zero attached hydrogens (tertiary/aromatic N) is 1. The van der Waals surface area contributed by atoms with Gasteiger partial charge in [-0.1, -0.05) is 0 Å². The number of fused-ring (bicyclic) bond motifs is 1. The van der Waals surface area contributed by atoms with Gasteiger partial charge in [-0.3, -0.25) is 9.79 Å². The first-order valence-electron chi connectivity index (χ1n) is 7.11. The average molecular weight is 374 g/mol. The van der Waals surface area contributed by atoms with E-state index in [4.69, 9.17) is 4.74 Å². The SMILES string of the molecule is CCOC(=O)CC1=Nc2ccc(NCS(C)(=O)=O)cc2S(=O)(=O)C1. The van der Waals surface area contributed by atoms with Crippen LogP contribution in [0.1, 0.15) is 13.3 Å². The van der Waals surface area contributed by atoms with Crippen LogP contribution >= 0.6 is 0 Å². The molecule has 1 aromatic carbocycles. The second-order valence-electron chi connectivity index (χ2n) is 5.35. The minimum absolute atomic E-state index is 0.00797. The van der Waals surface area contributed by atoms with E-state index >= 15 is 0 Å². The minimum Gasteiger partial charge on any atom is -0.466 e. The summed E-state index contributed by atoms with van der Waals surface area (Å²) in [5.74, 6) is -1.20. The highest BCUT2D eigenvalue weighted by Crippen LogP contribution is 2.32. The summed E-state index contributed by atoms with van der Waals surface area (Å²) in [5.41, 5.74) is 0.815. The van der Waals surface area contributed by atoms with Crippen molar-refractivity contribution < 1.29 is 26.4 Å². The molecule has 0 saturated heterocycles. The lowest BCUT2D eigenvalue weighted by atomic mass is 10.2. The first kappa shape index (κ1) is 18.4. The smallest absolute Gasteiger partial charge is 0.311 e. The number of hydrogen-bond donors (Lipinski definition) is 1. The number of anilines is 1.